The predicted octanol–water partition coefficient (Wildman–Crippen LogP) is 1.81. The molecule has 1 saturated carbocycles. The Bertz CT molecular complexity index is 258. The second-order valence-electron chi connectivity index (χ2n) is 4.59. The molecule has 78 valence electrons. The van der Waals surface area contributed by atoms with Gasteiger partial charge in [-0.1, -0.05) is 0 Å². The van der Waals surface area contributed by atoms with Crippen molar-refractivity contribution in [2.24, 2.45) is 5.92 Å². The number of nitrogens with one attached hydrogen (secondary N) is 1. The quantitative estimate of drug-likeness (QED) is 0.732. The average molecular weight is 196 g/mol. The molecule has 0 aromatic rings. The number of carbonyl (C=O) groups excluding carboxylic acids is 1. The summed E-state index contributed by atoms with van der Waals surface area (Å²) in [6.45, 7) is 5.39. The van der Waals surface area contributed by atoms with Crippen LogP contribution in [0, 0.1) is 17.2 Å². The molecule has 1 rings (SSSR count). The van der Waals surface area contributed by atoms with E-state index in [1.807, 2.05) is 0 Å². The number of hydrogen-bond donors (Lipinski definition) is 1. The standard InChI is InChI=1S/C10H16N2O2/c1-10(2,3)14-9(13)12-8(6-11)7-4-5-7/h7-8H,4-5H2,1-3H3,(H,12,13). The molecule has 1 aliphatic carbocycles. The Morgan fingerprint density at radius 2 is 2.14 bits per heavy atom. The SMILES string of the molecule is CC(C)(C)OC(=O)NC(C#N)C1CC1. The van der Waals surface area contributed by atoms with Gasteiger partial charge in [0.25, 0.3) is 0 Å². The molecular weight excluding hydrogens is 180 g/mol. The van der Waals surface area contributed by atoms with Crippen LogP contribution in [0.15, 0.2) is 0 Å². The molecule has 4 nitrogen and oxygen atoms in total. The number of hydrogen-bond acceptors (Lipinski definition) is 3. The molecule has 14 heavy (non-hydrogen) atoms. The molecule has 1 atom stereocenters. The fourth-order valence-electron chi connectivity index (χ4n) is 1.12. The molecule has 1 fully saturated rings. The molecule has 0 saturated heterocycles. The normalized spacial score (nSPS) is 18.1. The number of nitrogens with zero attached hydrogens (tertiary/aromatic N) is 1. The lowest BCUT2D eigenvalue weighted by molar-refractivity contribution is 0.0511. The van der Waals surface area contributed by atoms with Crippen LogP contribution in [0.2, 0.25) is 0 Å². The van der Waals surface area contributed by atoms with E-state index in [1.165, 1.54) is 0 Å². The minimum Gasteiger partial charge on any atom is -0.444 e. The van der Waals surface area contributed by atoms with Gasteiger partial charge in [-0.25, -0.2) is 4.79 Å². The number of alkyl carbamates (subject to hydrolysis) is 1. The Morgan fingerprint density at radius 1 is 1.57 bits per heavy atom. The maximum absolute atomic E-state index is 11.3. The minimum absolute atomic E-state index is 0.326. The van der Waals surface area contributed by atoms with Crippen LogP contribution in [0.25, 0.3) is 0 Å². The van der Waals surface area contributed by atoms with E-state index in [9.17, 15) is 4.79 Å². The maximum Gasteiger partial charge on any atom is 0.408 e. The van der Waals surface area contributed by atoms with E-state index in [4.69, 9.17) is 10.00 Å². The van der Waals surface area contributed by atoms with Crippen molar-refractivity contribution >= 4 is 6.09 Å². The van der Waals surface area contributed by atoms with Crippen LogP contribution in [0.3, 0.4) is 0 Å². The Morgan fingerprint density at radius 3 is 2.50 bits per heavy atom. The van der Waals surface area contributed by atoms with Crippen molar-refractivity contribution in [1.82, 2.24) is 5.32 Å². The van der Waals surface area contributed by atoms with Crippen LogP contribution in [0.4, 0.5) is 4.79 Å². The second-order valence-corrected chi connectivity index (χ2v) is 4.59. The maximum atomic E-state index is 11.3. The van der Waals surface area contributed by atoms with Gasteiger partial charge in [0.1, 0.15) is 11.6 Å². The van der Waals surface area contributed by atoms with Crippen LogP contribution in [-0.2, 0) is 4.74 Å². The van der Waals surface area contributed by atoms with E-state index in [0.29, 0.717) is 5.92 Å². The lowest BCUT2D eigenvalue weighted by Gasteiger charge is -2.20. The zero-order valence-electron chi connectivity index (χ0n) is 8.83. The molecule has 0 aromatic carbocycles. The highest BCUT2D eigenvalue weighted by atomic mass is 16.6. The largest absolute Gasteiger partial charge is 0.444 e. The number of nitriles is 1. The Labute approximate surface area is 84.2 Å². The summed E-state index contributed by atoms with van der Waals surface area (Å²) in [6.07, 6.45) is 1.54. The number of carbonyl (C=O) groups is 1. The Hall–Kier alpha value is -1.24. The average Bonchev–Trinajstić information content (AvgIpc) is 2.78. The van der Waals surface area contributed by atoms with Gasteiger partial charge in [0.05, 0.1) is 6.07 Å². The highest BCUT2D eigenvalue weighted by Gasteiger charge is 2.33. The van der Waals surface area contributed by atoms with E-state index in [2.05, 4.69) is 11.4 Å². The van der Waals surface area contributed by atoms with Crippen molar-refractivity contribution in [3.05, 3.63) is 0 Å². The monoisotopic (exact) mass is 196 g/mol. The van der Waals surface area contributed by atoms with E-state index < -0.39 is 11.7 Å². The summed E-state index contributed by atoms with van der Waals surface area (Å²) in [7, 11) is 0. The highest BCUT2D eigenvalue weighted by Crippen LogP contribution is 2.32. The van der Waals surface area contributed by atoms with Gasteiger partial charge in [-0.2, -0.15) is 5.26 Å². The van der Waals surface area contributed by atoms with Crippen LogP contribution >= 0.6 is 0 Å². The highest BCUT2D eigenvalue weighted by molar-refractivity contribution is 5.68. The van der Waals surface area contributed by atoms with E-state index in [1.54, 1.807) is 20.8 Å². The number of amides is 1. The van der Waals surface area contributed by atoms with Crippen LogP contribution < -0.4 is 5.32 Å². The fourth-order valence-corrected chi connectivity index (χ4v) is 1.12. The third-order valence-corrected chi connectivity index (χ3v) is 1.90. The molecule has 1 N–H and O–H groups in total. The summed E-state index contributed by atoms with van der Waals surface area (Å²) in [5.41, 5.74) is -0.506. The van der Waals surface area contributed by atoms with Crippen molar-refractivity contribution in [1.29, 1.82) is 5.26 Å². The zero-order valence-corrected chi connectivity index (χ0v) is 8.83. The fraction of sp³-hybridized carbons (Fsp3) is 0.800. The van der Waals surface area contributed by atoms with Gasteiger partial charge >= 0.3 is 6.09 Å². The molecule has 1 unspecified atom stereocenters. The van der Waals surface area contributed by atoms with Gasteiger partial charge in [0.15, 0.2) is 0 Å². The summed E-state index contributed by atoms with van der Waals surface area (Å²) >= 11 is 0. The minimum atomic E-state index is -0.506. The predicted molar refractivity (Wildman–Crippen MR) is 51.5 cm³/mol. The van der Waals surface area contributed by atoms with Crippen LogP contribution in [-0.4, -0.2) is 17.7 Å². The van der Waals surface area contributed by atoms with Gasteiger partial charge < -0.3 is 10.1 Å². The summed E-state index contributed by atoms with van der Waals surface area (Å²) in [5, 5.41) is 11.3. The van der Waals surface area contributed by atoms with Crippen molar-refractivity contribution < 1.29 is 9.53 Å². The third-order valence-electron chi connectivity index (χ3n) is 1.90. The summed E-state index contributed by atoms with van der Waals surface area (Å²) in [4.78, 5) is 11.3. The third kappa shape index (κ3) is 3.65. The molecule has 0 aromatic heterocycles. The van der Waals surface area contributed by atoms with Crippen molar-refractivity contribution in [3.8, 4) is 6.07 Å². The second kappa shape index (κ2) is 3.87. The van der Waals surface area contributed by atoms with E-state index >= 15 is 0 Å². The van der Waals surface area contributed by atoms with Crippen molar-refractivity contribution in [2.75, 3.05) is 0 Å². The lowest BCUT2D eigenvalue weighted by atomic mass is 10.2. The number of rotatable bonds is 2. The smallest absolute Gasteiger partial charge is 0.408 e. The van der Waals surface area contributed by atoms with Crippen molar-refractivity contribution in [2.45, 2.75) is 45.3 Å². The first kappa shape index (κ1) is 10.8. The molecule has 1 amide bonds. The van der Waals surface area contributed by atoms with E-state index in [-0.39, 0.29) is 6.04 Å². The van der Waals surface area contributed by atoms with Gasteiger partial charge in [0, 0.05) is 0 Å². The lowest BCUT2D eigenvalue weighted by Crippen LogP contribution is -2.39. The molecule has 4 heteroatoms. The first-order valence-electron chi connectivity index (χ1n) is 4.81. The molecule has 0 bridgehead atoms. The molecule has 0 spiro atoms. The number of ether oxygens (including phenoxy) is 1. The van der Waals surface area contributed by atoms with E-state index in [0.717, 1.165) is 12.8 Å². The molecule has 0 aliphatic heterocycles. The molecule has 0 heterocycles. The van der Waals surface area contributed by atoms with Crippen LogP contribution in [0.5, 0.6) is 0 Å². The van der Waals surface area contributed by atoms with Gasteiger partial charge in [-0.3, -0.25) is 0 Å². The Balaban J connectivity index is 2.36. The Kier molecular flexibility index (Phi) is 3.00. The summed E-state index contributed by atoms with van der Waals surface area (Å²) in [6, 6.07) is 1.68. The first-order valence-corrected chi connectivity index (χ1v) is 4.81. The van der Waals surface area contributed by atoms with Crippen LogP contribution in [0.1, 0.15) is 33.6 Å². The topological polar surface area (TPSA) is 62.1 Å². The molecule has 0 radical (unpaired) electrons. The summed E-state index contributed by atoms with van der Waals surface area (Å²) < 4.78 is 5.05. The summed E-state index contributed by atoms with van der Waals surface area (Å²) in [5.74, 6) is 0.326. The first-order chi connectivity index (χ1) is 6.42. The van der Waals surface area contributed by atoms with Gasteiger partial charge in [-0.15, -0.1) is 0 Å². The van der Waals surface area contributed by atoms with Gasteiger partial charge in [0.2, 0.25) is 0 Å². The van der Waals surface area contributed by atoms with Crippen molar-refractivity contribution in [3.63, 3.8) is 0 Å². The molecule has 1 aliphatic rings. The molecular formula is C10H16N2O2. The zero-order chi connectivity index (χ0) is 10.8. The van der Waals surface area contributed by atoms with Gasteiger partial charge in [-0.05, 0) is 39.5 Å².